The second kappa shape index (κ2) is 25.9. The third-order valence-electron chi connectivity index (χ3n) is 24.1. The van der Waals surface area contributed by atoms with Crippen LogP contribution in [0.15, 0.2) is 91.0 Å². The van der Waals surface area contributed by atoms with E-state index in [4.69, 9.17) is 0 Å². The molecule has 3 aromatic rings. The van der Waals surface area contributed by atoms with E-state index < -0.39 is 16.8 Å². The van der Waals surface area contributed by atoms with Crippen LogP contribution in [0.5, 0.6) is 0 Å². The topological polar surface area (TPSA) is 150 Å². The van der Waals surface area contributed by atoms with E-state index in [0.717, 1.165) is 116 Å². The van der Waals surface area contributed by atoms with Crippen LogP contribution in [0.3, 0.4) is 0 Å². The van der Waals surface area contributed by atoms with Crippen LogP contribution in [0.2, 0.25) is 0 Å². The number of carbonyl (C=O) groups excluding carboxylic acids is 3. The van der Waals surface area contributed by atoms with E-state index in [1.165, 1.54) is 74.5 Å². The Morgan fingerprint density at radius 1 is 0.511 bits per heavy atom. The van der Waals surface area contributed by atoms with Crippen molar-refractivity contribution in [3.63, 3.8) is 0 Å². The number of urea groups is 3. The highest BCUT2D eigenvalue weighted by Crippen LogP contribution is 2.53. The first-order chi connectivity index (χ1) is 41.9. The first-order valence-electron chi connectivity index (χ1n) is 33.9. The van der Waals surface area contributed by atoms with E-state index in [9.17, 15) is 29.5 Å². The van der Waals surface area contributed by atoms with Gasteiger partial charge in [-0.05, 0) is 220 Å². The average molecular weight is 1210 g/mol. The smallest absolute Gasteiger partial charge is 0.320 e. The SMILES string of the molecule is CN(C)C1(c2ccccc2)CCC2(CC1)CN(CC(C)(C)C#N)C(=O)N2CC1CCC1.CN(C)C1(c2ccccc2)CCC2(CC1)CN(CC(C)(C)C(=O)O)C(=O)N2CC1CCC1.CN(C)C1(c2ccccc2)CCC2(CC1)CNC(=O)N2CC1CCC1. The van der Waals surface area contributed by atoms with Crippen LogP contribution in [-0.2, 0) is 21.4 Å². The summed E-state index contributed by atoms with van der Waals surface area (Å²) in [5.41, 5.74) is 2.54. The number of hydrogen-bond donors (Lipinski definition) is 2. The molecule has 88 heavy (non-hydrogen) atoms. The van der Waals surface area contributed by atoms with E-state index in [1.807, 2.05) is 23.6 Å². The summed E-state index contributed by atoms with van der Waals surface area (Å²) in [6, 6.07) is 35.3. The quantitative estimate of drug-likeness (QED) is 0.135. The molecular weight excluding hydrogens is 1100 g/mol. The van der Waals surface area contributed by atoms with Crippen LogP contribution in [0.4, 0.5) is 14.4 Å². The number of carboxylic acid groups (broad SMARTS) is 1. The maximum absolute atomic E-state index is 13.6. The molecule has 0 atom stereocenters. The summed E-state index contributed by atoms with van der Waals surface area (Å²) in [5, 5.41) is 22.3. The average Bonchev–Trinajstić information content (AvgIpc) is 1.76. The van der Waals surface area contributed by atoms with E-state index in [2.05, 4.69) is 174 Å². The third kappa shape index (κ3) is 12.7. The summed E-state index contributed by atoms with van der Waals surface area (Å²) in [7, 11) is 13.1. The number of hydrogen-bond acceptors (Lipinski definition) is 8. The van der Waals surface area contributed by atoms with Gasteiger partial charge in [0, 0.05) is 69.0 Å². The zero-order valence-corrected chi connectivity index (χ0v) is 55.5. The molecule has 0 bridgehead atoms. The molecule has 6 amide bonds. The Labute approximate surface area is 528 Å². The predicted molar refractivity (Wildman–Crippen MR) is 349 cm³/mol. The van der Waals surface area contributed by atoms with Crippen LogP contribution < -0.4 is 5.32 Å². The monoisotopic (exact) mass is 1200 g/mol. The van der Waals surface area contributed by atoms with Crippen LogP contribution in [0, 0.1) is 39.9 Å². The molecule has 9 fully saturated rings. The zero-order chi connectivity index (χ0) is 62.9. The number of nitrogens with one attached hydrogen (secondary N) is 1. The molecule has 0 radical (unpaired) electrons. The summed E-state index contributed by atoms with van der Waals surface area (Å²) < 4.78 is 0. The predicted octanol–water partition coefficient (Wildman–Crippen LogP) is 12.8. The largest absolute Gasteiger partial charge is 0.481 e. The molecule has 15 nitrogen and oxygen atoms in total. The second-order valence-electron chi connectivity index (χ2n) is 30.9. The normalized spacial score (nSPS) is 30.3. The molecule has 3 aromatic carbocycles. The first kappa shape index (κ1) is 65.3. The number of carbonyl (C=O) groups is 4. The number of aliphatic carboxylic acids is 1. The van der Waals surface area contributed by atoms with Gasteiger partial charge in [-0.1, -0.05) is 110 Å². The van der Waals surface area contributed by atoms with Gasteiger partial charge in [0.1, 0.15) is 0 Å². The van der Waals surface area contributed by atoms with E-state index in [1.54, 1.807) is 13.8 Å². The highest BCUT2D eigenvalue weighted by atomic mass is 16.4. The molecule has 0 unspecified atom stereocenters. The van der Waals surface area contributed by atoms with Gasteiger partial charge in [0.2, 0.25) is 0 Å². The van der Waals surface area contributed by atoms with Gasteiger partial charge in [0.25, 0.3) is 0 Å². The van der Waals surface area contributed by atoms with Crippen LogP contribution >= 0.6 is 0 Å². The highest BCUT2D eigenvalue weighted by molar-refractivity contribution is 5.81. The standard InChI is InChI=1S/C26H38N4O.C26H39N3O3.C21H31N3O/c1-24(2,18-27)19-29-20-25(30(23(29)31)17-21-9-8-10-21)13-15-26(16-14-25,28(3)4)22-11-6-5-7-12-22;1-24(2,22(30)31)18-28-19-25(29(23(28)32)17-20-9-8-10-20)13-15-26(16-14-25,27(3)4)21-11-6-5-7-12-21;1-23(2)21(18-9-4-3-5-10-18)13-11-20(12-14-21)16-22-19(25)24(20)15-17-7-6-8-17/h5-7,11-12,21H,8-10,13-17,19-20H2,1-4H3;5-7,11-12,20H,8-10,13-19H2,1-4H3,(H,30,31);3-5,9-10,17H,6-8,11-16H2,1-2H3,(H,22,25). The summed E-state index contributed by atoms with van der Waals surface area (Å²) in [5.74, 6) is 1.13. The summed E-state index contributed by atoms with van der Waals surface area (Å²) >= 11 is 0. The van der Waals surface area contributed by atoms with Crippen molar-refractivity contribution in [1.29, 1.82) is 5.26 Å². The van der Waals surface area contributed by atoms with Crippen LogP contribution in [-0.4, -0.2) is 180 Å². The maximum atomic E-state index is 13.6. The van der Waals surface area contributed by atoms with E-state index >= 15 is 0 Å². The minimum Gasteiger partial charge on any atom is -0.481 e. The molecule has 12 rings (SSSR count). The molecular formula is C73H108N10O5. The molecule has 2 N–H and O–H groups in total. The van der Waals surface area contributed by atoms with Crippen molar-refractivity contribution in [2.45, 2.75) is 196 Å². The fourth-order valence-electron chi connectivity index (χ4n) is 17.3. The molecule has 6 saturated carbocycles. The Morgan fingerprint density at radius 3 is 1.12 bits per heavy atom. The van der Waals surface area contributed by atoms with E-state index in [-0.39, 0.29) is 57.9 Å². The third-order valence-corrected chi connectivity index (χ3v) is 24.1. The highest BCUT2D eigenvalue weighted by Gasteiger charge is 2.58. The van der Waals surface area contributed by atoms with Gasteiger partial charge in [-0.25, -0.2) is 14.4 Å². The van der Waals surface area contributed by atoms with Crippen molar-refractivity contribution < 1.29 is 24.3 Å². The Kier molecular flexibility index (Phi) is 19.2. The summed E-state index contributed by atoms with van der Waals surface area (Å²) in [6.45, 7) is 13.0. The van der Waals surface area contributed by atoms with Crippen molar-refractivity contribution in [3.05, 3.63) is 108 Å². The summed E-state index contributed by atoms with van der Waals surface area (Å²) in [4.78, 5) is 68.9. The van der Waals surface area contributed by atoms with Gasteiger partial charge in [0.05, 0.1) is 33.5 Å². The molecule has 480 valence electrons. The minimum atomic E-state index is -0.949. The number of carboxylic acids is 1. The van der Waals surface area contributed by atoms with Gasteiger partial charge in [-0.3, -0.25) is 19.5 Å². The van der Waals surface area contributed by atoms with Gasteiger partial charge < -0.3 is 34.9 Å². The number of nitrogens with zero attached hydrogens (tertiary/aromatic N) is 9. The number of benzene rings is 3. The first-order valence-corrected chi connectivity index (χ1v) is 33.9. The minimum absolute atomic E-state index is 0.0224. The number of rotatable bonds is 17. The van der Waals surface area contributed by atoms with Gasteiger partial charge in [0.15, 0.2) is 0 Å². The lowest BCUT2D eigenvalue weighted by atomic mass is 9.68. The van der Waals surface area contributed by atoms with E-state index in [0.29, 0.717) is 24.9 Å². The Hall–Kier alpha value is -5.69. The Morgan fingerprint density at radius 2 is 0.830 bits per heavy atom. The van der Waals surface area contributed by atoms with Gasteiger partial charge in [-0.2, -0.15) is 5.26 Å². The number of amides is 6. The van der Waals surface area contributed by atoms with Crippen LogP contribution in [0.25, 0.3) is 0 Å². The fourth-order valence-corrected chi connectivity index (χ4v) is 17.3. The van der Waals surface area contributed by atoms with Gasteiger partial charge >= 0.3 is 24.1 Å². The maximum Gasteiger partial charge on any atom is 0.320 e. The fraction of sp³-hybridized carbons (Fsp3) is 0.685. The molecule has 15 heteroatoms. The van der Waals surface area contributed by atoms with Crippen LogP contribution in [0.1, 0.15) is 179 Å². The Balaban J connectivity index is 0.000000147. The molecule has 3 aliphatic heterocycles. The van der Waals surface area contributed by atoms with Crippen molar-refractivity contribution in [2.75, 3.05) is 94.6 Å². The lowest BCUT2D eigenvalue weighted by Gasteiger charge is -2.51. The number of nitriles is 1. The lowest BCUT2D eigenvalue weighted by Crippen LogP contribution is -2.56. The van der Waals surface area contributed by atoms with Gasteiger partial charge in [-0.15, -0.1) is 0 Å². The van der Waals surface area contributed by atoms with Crippen molar-refractivity contribution in [2.24, 2.45) is 28.6 Å². The molecule has 3 spiro atoms. The van der Waals surface area contributed by atoms with Crippen molar-refractivity contribution in [3.8, 4) is 6.07 Å². The zero-order valence-electron chi connectivity index (χ0n) is 55.5. The molecule has 3 saturated heterocycles. The summed E-state index contributed by atoms with van der Waals surface area (Å²) in [6.07, 6.45) is 23.8. The molecule has 9 aliphatic rings. The molecule has 0 aromatic heterocycles. The van der Waals surface area contributed by atoms with Crippen molar-refractivity contribution >= 4 is 24.1 Å². The second-order valence-corrected chi connectivity index (χ2v) is 30.9. The Bertz CT molecular complexity index is 2910. The molecule has 6 aliphatic carbocycles. The lowest BCUT2D eigenvalue weighted by molar-refractivity contribution is -0.147. The molecule has 3 heterocycles. The van der Waals surface area contributed by atoms with Crippen molar-refractivity contribution in [1.82, 2.24) is 44.5 Å².